The van der Waals surface area contributed by atoms with E-state index >= 15 is 0 Å². The molecule has 194 valence electrons. The Bertz CT molecular complexity index is 1070. The van der Waals surface area contributed by atoms with Gasteiger partial charge < -0.3 is 5.11 Å². The predicted molar refractivity (Wildman–Crippen MR) is 149 cm³/mol. The van der Waals surface area contributed by atoms with Crippen LogP contribution >= 0.6 is 22.7 Å². The van der Waals surface area contributed by atoms with Crippen LogP contribution in [0.25, 0.3) is 0 Å². The van der Waals surface area contributed by atoms with Gasteiger partial charge in [-0.3, -0.25) is 14.4 Å². The quantitative estimate of drug-likeness (QED) is 0.267. The molecule has 35 heavy (non-hydrogen) atoms. The van der Waals surface area contributed by atoms with Crippen LogP contribution < -0.4 is 10.9 Å². The summed E-state index contributed by atoms with van der Waals surface area (Å²) >= 11 is 3.44. The largest absolute Gasteiger partial charge is 0.481 e. The summed E-state index contributed by atoms with van der Waals surface area (Å²) in [5.74, 6) is -0.764. The normalized spacial score (nSPS) is 12.1. The van der Waals surface area contributed by atoms with Crippen LogP contribution in [0.15, 0.2) is 33.9 Å². The minimum Gasteiger partial charge on any atom is -0.481 e. The van der Waals surface area contributed by atoms with Gasteiger partial charge in [0.1, 0.15) is 0 Å². The molecule has 0 amide bonds. The van der Waals surface area contributed by atoms with Gasteiger partial charge in [-0.25, -0.2) is 0 Å². The van der Waals surface area contributed by atoms with Crippen LogP contribution in [0.1, 0.15) is 99.1 Å². The van der Waals surface area contributed by atoms with Gasteiger partial charge in [0.2, 0.25) is 0 Å². The number of rotatable bonds is 14. The van der Waals surface area contributed by atoms with Crippen molar-refractivity contribution in [1.82, 2.24) is 0 Å². The third-order valence-electron chi connectivity index (χ3n) is 6.24. The third kappa shape index (κ3) is 11.7. The molecular weight excluding hydrogens is 476 g/mol. The van der Waals surface area contributed by atoms with Crippen LogP contribution in [0.4, 0.5) is 0 Å². The van der Waals surface area contributed by atoms with E-state index in [9.17, 15) is 19.5 Å². The van der Waals surface area contributed by atoms with Gasteiger partial charge in [0.15, 0.2) is 10.9 Å². The molecule has 0 unspecified atom stereocenters. The summed E-state index contributed by atoms with van der Waals surface area (Å²) in [6.45, 7) is 10.3. The van der Waals surface area contributed by atoms with Crippen molar-refractivity contribution in [2.45, 2.75) is 105 Å². The van der Waals surface area contributed by atoms with E-state index in [-0.39, 0.29) is 10.9 Å². The van der Waals surface area contributed by atoms with Crippen molar-refractivity contribution < 1.29 is 9.90 Å². The summed E-state index contributed by atoms with van der Waals surface area (Å²) in [5, 5.41) is 9.24. The van der Waals surface area contributed by atoms with Crippen molar-refractivity contribution >= 4 is 28.6 Å². The Morgan fingerprint density at radius 1 is 0.657 bits per heavy atom. The molecule has 0 aliphatic rings. The lowest BCUT2D eigenvalue weighted by molar-refractivity contribution is -0.147. The Kier molecular flexibility index (Phi) is 11.4. The SMILES string of the molecule is CC(C)(C)CCCCc1cc(=O)cc(CCCc2cc(=O)cc(CCCCC(C)(C)C(=O)O)s2)s1. The molecule has 0 aromatic carbocycles. The van der Waals surface area contributed by atoms with Gasteiger partial charge in [0, 0.05) is 19.5 Å². The lowest BCUT2D eigenvalue weighted by atomic mass is 9.87. The van der Waals surface area contributed by atoms with Crippen molar-refractivity contribution in [3.63, 3.8) is 0 Å². The predicted octanol–water partition coefficient (Wildman–Crippen LogP) is 7.29. The standard InChI is InChI=1S/C29H42O4S2/c1-28(2,3)15-8-6-11-23-17-21(30)19-25(34-23)13-10-14-26-20-22(31)18-24(35-26)12-7-9-16-29(4,5)27(32)33/h17-20H,6-16H2,1-5H3,(H,32,33). The first-order valence-corrected chi connectivity index (χ1v) is 14.5. The van der Waals surface area contributed by atoms with Crippen LogP contribution in [0, 0.1) is 10.8 Å². The fraction of sp³-hybridized carbons (Fsp3) is 0.621. The molecular formula is C29H42O4S2. The second kappa shape index (κ2) is 13.5. The van der Waals surface area contributed by atoms with Gasteiger partial charge in [0.25, 0.3) is 0 Å². The number of unbranched alkanes of at least 4 members (excludes halogenated alkanes) is 2. The van der Waals surface area contributed by atoms with Crippen LogP contribution in [-0.4, -0.2) is 11.1 Å². The van der Waals surface area contributed by atoms with E-state index in [1.165, 1.54) is 17.7 Å². The number of carboxylic acids is 1. The Morgan fingerprint density at radius 2 is 1.03 bits per heavy atom. The van der Waals surface area contributed by atoms with Crippen molar-refractivity contribution in [2.24, 2.45) is 10.8 Å². The molecule has 2 aromatic rings. The lowest BCUT2D eigenvalue weighted by Crippen LogP contribution is -2.23. The molecule has 4 nitrogen and oxygen atoms in total. The second-order valence-corrected chi connectivity index (χ2v) is 14.0. The molecule has 0 radical (unpaired) electrons. The number of aryl methyl sites for hydroxylation is 4. The van der Waals surface area contributed by atoms with Crippen LogP contribution in [-0.2, 0) is 30.5 Å². The Balaban J connectivity index is 1.85. The van der Waals surface area contributed by atoms with Gasteiger partial charge in [-0.2, -0.15) is 0 Å². The fourth-order valence-electron chi connectivity index (χ4n) is 4.03. The average Bonchev–Trinajstić information content (AvgIpc) is 2.73. The first kappa shape index (κ1) is 29.4. The molecule has 0 bridgehead atoms. The highest BCUT2D eigenvalue weighted by molar-refractivity contribution is 7.11. The monoisotopic (exact) mass is 518 g/mol. The molecule has 0 spiro atoms. The van der Waals surface area contributed by atoms with Crippen LogP contribution in [0.5, 0.6) is 0 Å². The molecule has 0 aliphatic heterocycles. The van der Waals surface area contributed by atoms with Crippen molar-refractivity contribution in [1.29, 1.82) is 0 Å². The molecule has 1 N–H and O–H groups in total. The molecule has 0 saturated heterocycles. The molecule has 0 fully saturated rings. The number of hydrogen-bond donors (Lipinski definition) is 1. The molecule has 6 heteroatoms. The van der Waals surface area contributed by atoms with E-state index in [4.69, 9.17) is 0 Å². The molecule has 2 aromatic heterocycles. The molecule has 0 atom stereocenters. The summed E-state index contributed by atoms with van der Waals surface area (Å²) in [6.07, 6.45) is 10.2. The van der Waals surface area contributed by atoms with Gasteiger partial charge >= 0.3 is 5.97 Å². The topological polar surface area (TPSA) is 71.4 Å². The zero-order chi connectivity index (χ0) is 26.1. The molecule has 0 aliphatic carbocycles. The summed E-state index contributed by atoms with van der Waals surface area (Å²) < 4.78 is 0. The van der Waals surface area contributed by atoms with Crippen LogP contribution in [0.3, 0.4) is 0 Å². The minimum absolute atomic E-state index is 0.0431. The molecule has 2 heterocycles. The van der Waals surface area contributed by atoms with Gasteiger partial charge in [-0.1, -0.05) is 33.6 Å². The van der Waals surface area contributed by atoms with Gasteiger partial charge in [-0.15, -0.1) is 22.7 Å². The smallest absolute Gasteiger partial charge is 0.309 e. The molecule has 2 rings (SSSR count). The van der Waals surface area contributed by atoms with Crippen molar-refractivity contribution in [2.75, 3.05) is 0 Å². The van der Waals surface area contributed by atoms with E-state index in [1.54, 1.807) is 60.8 Å². The van der Waals surface area contributed by atoms with E-state index in [1.807, 2.05) is 0 Å². The first-order chi connectivity index (χ1) is 16.3. The summed E-state index contributed by atoms with van der Waals surface area (Å²) in [5.41, 5.74) is -0.207. The number of carbonyl (C=O) groups is 1. The van der Waals surface area contributed by atoms with Crippen LogP contribution in [0.2, 0.25) is 0 Å². The van der Waals surface area contributed by atoms with Gasteiger partial charge in [-0.05, 0) is 101 Å². The third-order valence-corrected chi connectivity index (χ3v) is 8.57. The Morgan fingerprint density at radius 3 is 1.40 bits per heavy atom. The number of aliphatic carboxylic acids is 1. The van der Waals surface area contributed by atoms with E-state index in [0.29, 0.717) is 11.8 Å². The Labute approximate surface area is 218 Å². The maximum atomic E-state index is 12.2. The lowest BCUT2D eigenvalue weighted by Gasteiger charge is -2.18. The molecule has 0 saturated carbocycles. The van der Waals surface area contributed by atoms with Crippen molar-refractivity contribution in [3.8, 4) is 0 Å². The zero-order valence-electron chi connectivity index (χ0n) is 22.1. The van der Waals surface area contributed by atoms with E-state index < -0.39 is 11.4 Å². The fourth-order valence-corrected chi connectivity index (χ4v) is 6.39. The maximum absolute atomic E-state index is 12.2. The average molecular weight is 519 g/mol. The highest BCUT2D eigenvalue weighted by Crippen LogP contribution is 2.25. The second-order valence-electron chi connectivity index (χ2n) is 11.5. The Hall–Kier alpha value is -1.79. The number of hydrogen-bond acceptors (Lipinski definition) is 5. The highest BCUT2D eigenvalue weighted by atomic mass is 32.1. The number of carboxylic acid groups (broad SMARTS) is 1. The van der Waals surface area contributed by atoms with E-state index in [0.717, 1.165) is 66.0 Å². The first-order valence-electron chi connectivity index (χ1n) is 12.8. The highest BCUT2D eigenvalue weighted by Gasteiger charge is 2.26. The van der Waals surface area contributed by atoms with Gasteiger partial charge in [0.05, 0.1) is 5.41 Å². The zero-order valence-corrected chi connectivity index (χ0v) is 23.7. The maximum Gasteiger partial charge on any atom is 0.309 e. The summed E-state index contributed by atoms with van der Waals surface area (Å²) in [7, 11) is 0. The summed E-state index contributed by atoms with van der Waals surface area (Å²) in [6, 6.07) is 7.00. The van der Waals surface area contributed by atoms with Crippen molar-refractivity contribution in [3.05, 3.63) is 64.2 Å². The van der Waals surface area contributed by atoms with E-state index in [2.05, 4.69) is 20.8 Å². The minimum atomic E-state index is -0.764. The summed E-state index contributed by atoms with van der Waals surface area (Å²) in [4.78, 5) is 40.1.